The summed E-state index contributed by atoms with van der Waals surface area (Å²) in [5.74, 6) is -1.05. The van der Waals surface area contributed by atoms with Crippen LogP contribution in [-0.4, -0.2) is 22.8 Å². The lowest BCUT2D eigenvalue weighted by Crippen LogP contribution is -2.54. The molecule has 1 aliphatic heterocycles. The fraction of sp³-hybridized carbons (Fsp3) is 0.115. The van der Waals surface area contributed by atoms with Crippen molar-refractivity contribution in [2.24, 2.45) is 0 Å². The maximum atomic E-state index is 13.1. The van der Waals surface area contributed by atoms with Crippen molar-refractivity contribution in [1.29, 1.82) is 0 Å². The highest BCUT2D eigenvalue weighted by atomic mass is 79.9. The van der Waals surface area contributed by atoms with E-state index in [2.05, 4.69) is 21.2 Å². The van der Waals surface area contributed by atoms with Crippen LogP contribution in [0.15, 0.2) is 70.7 Å². The van der Waals surface area contributed by atoms with Crippen LogP contribution in [0.25, 0.3) is 6.08 Å². The van der Waals surface area contributed by atoms with Crippen LogP contribution in [-0.2, 0) is 16.2 Å². The molecule has 1 aliphatic rings. The third-order valence-electron chi connectivity index (χ3n) is 5.63. The Morgan fingerprint density at radius 3 is 2.50 bits per heavy atom. The normalized spacial score (nSPS) is 14.7. The molecule has 1 heterocycles. The van der Waals surface area contributed by atoms with Gasteiger partial charge < -0.3 is 4.74 Å². The van der Waals surface area contributed by atoms with Crippen LogP contribution < -0.4 is 15.0 Å². The molecule has 1 saturated heterocycles. The molecule has 4 amide bonds. The first-order valence-electron chi connectivity index (χ1n) is 10.8. The van der Waals surface area contributed by atoms with E-state index in [1.165, 1.54) is 18.2 Å². The van der Waals surface area contributed by atoms with Gasteiger partial charge in [0.2, 0.25) is 0 Å². The number of nitro groups is 1. The highest BCUT2D eigenvalue weighted by Gasteiger charge is 2.36. The Kier molecular flexibility index (Phi) is 6.98. The van der Waals surface area contributed by atoms with E-state index in [-0.39, 0.29) is 17.9 Å². The number of imide groups is 2. The van der Waals surface area contributed by atoms with Crippen LogP contribution in [0.1, 0.15) is 22.3 Å². The Bertz CT molecular complexity index is 1450. The van der Waals surface area contributed by atoms with Crippen molar-refractivity contribution < 1.29 is 24.0 Å². The van der Waals surface area contributed by atoms with Gasteiger partial charge in [0.15, 0.2) is 0 Å². The predicted molar refractivity (Wildman–Crippen MR) is 136 cm³/mol. The van der Waals surface area contributed by atoms with E-state index in [9.17, 15) is 24.5 Å². The number of anilines is 1. The first-order chi connectivity index (χ1) is 17.1. The number of carbonyl (C=O) groups excluding carboxylic acids is 3. The molecule has 0 spiro atoms. The number of rotatable bonds is 6. The second kappa shape index (κ2) is 10.1. The van der Waals surface area contributed by atoms with Crippen molar-refractivity contribution in [2.45, 2.75) is 20.5 Å². The van der Waals surface area contributed by atoms with E-state index in [4.69, 9.17) is 4.74 Å². The Balaban J connectivity index is 1.55. The Morgan fingerprint density at radius 2 is 1.81 bits per heavy atom. The molecule has 0 bridgehead atoms. The number of benzene rings is 3. The van der Waals surface area contributed by atoms with Gasteiger partial charge in [-0.2, -0.15) is 0 Å². The summed E-state index contributed by atoms with van der Waals surface area (Å²) >= 11 is 3.41. The van der Waals surface area contributed by atoms with Crippen molar-refractivity contribution in [2.75, 3.05) is 4.90 Å². The summed E-state index contributed by atoms with van der Waals surface area (Å²) in [6, 6.07) is 15.4. The molecule has 0 saturated carbocycles. The smallest absolute Gasteiger partial charge is 0.335 e. The number of hydrogen-bond acceptors (Lipinski definition) is 6. The molecule has 4 rings (SSSR count). The topological polar surface area (TPSA) is 119 Å². The van der Waals surface area contributed by atoms with Crippen LogP contribution in [0.5, 0.6) is 5.75 Å². The van der Waals surface area contributed by atoms with E-state index in [0.717, 1.165) is 16.0 Å². The molecule has 36 heavy (non-hydrogen) atoms. The summed E-state index contributed by atoms with van der Waals surface area (Å²) < 4.78 is 6.31. The van der Waals surface area contributed by atoms with Crippen molar-refractivity contribution >= 4 is 51.2 Å². The average molecular weight is 550 g/mol. The van der Waals surface area contributed by atoms with Crippen LogP contribution in [0, 0.1) is 24.0 Å². The maximum absolute atomic E-state index is 13.1. The van der Waals surface area contributed by atoms with E-state index in [1.54, 1.807) is 48.5 Å². The Morgan fingerprint density at radius 1 is 1.03 bits per heavy atom. The molecule has 0 aromatic heterocycles. The number of barbiturate groups is 1. The molecule has 1 N–H and O–H groups in total. The first-order valence-corrected chi connectivity index (χ1v) is 11.6. The quantitative estimate of drug-likeness (QED) is 0.195. The van der Waals surface area contributed by atoms with Gasteiger partial charge in [0, 0.05) is 12.1 Å². The van der Waals surface area contributed by atoms with Gasteiger partial charge in [-0.1, -0.05) is 24.3 Å². The number of ether oxygens (including phenoxy) is 1. The largest absolute Gasteiger partial charge is 0.488 e. The lowest BCUT2D eigenvalue weighted by Gasteiger charge is -2.26. The molecule has 182 valence electrons. The number of urea groups is 1. The minimum absolute atomic E-state index is 0.0270. The third kappa shape index (κ3) is 5.18. The first kappa shape index (κ1) is 24.8. The number of aryl methyl sites for hydroxylation is 2. The van der Waals surface area contributed by atoms with Crippen LogP contribution >= 0.6 is 15.9 Å². The van der Waals surface area contributed by atoms with E-state index < -0.39 is 22.8 Å². The van der Waals surface area contributed by atoms with Gasteiger partial charge in [-0.3, -0.25) is 25.0 Å². The number of nitrogens with zero attached hydrogens (tertiary/aromatic N) is 2. The minimum atomic E-state index is -0.809. The monoisotopic (exact) mass is 549 g/mol. The van der Waals surface area contributed by atoms with Crippen LogP contribution in [0.3, 0.4) is 0 Å². The fourth-order valence-electron chi connectivity index (χ4n) is 3.57. The molecular formula is C26H20BrN3O6. The molecule has 3 aromatic carbocycles. The zero-order valence-corrected chi connectivity index (χ0v) is 20.9. The summed E-state index contributed by atoms with van der Waals surface area (Å²) in [6.07, 6.45) is 1.40. The molecule has 3 aromatic rings. The van der Waals surface area contributed by atoms with E-state index in [1.807, 2.05) is 13.8 Å². The maximum Gasteiger partial charge on any atom is 0.335 e. The summed E-state index contributed by atoms with van der Waals surface area (Å²) in [6.45, 7) is 3.89. The Hall–Kier alpha value is -4.31. The zero-order chi connectivity index (χ0) is 26.0. The van der Waals surface area contributed by atoms with E-state index in [0.29, 0.717) is 27.0 Å². The van der Waals surface area contributed by atoms with Gasteiger partial charge in [0.05, 0.1) is 15.1 Å². The van der Waals surface area contributed by atoms with Crippen molar-refractivity contribution in [3.05, 3.63) is 103 Å². The number of non-ortho nitro benzene ring substituents is 1. The summed E-state index contributed by atoms with van der Waals surface area (Å²) in [4.78, 5) is 49.5. The number of carbonyl (C=O) groups is 3. The number of nitrogens with one attached hydrogen (secondary N) is 1. The molecule has 0 unspecified atom stereocenters. The summed E-state index contributed by atoms with van der Waals surface area (Å²) in [7, 11) is 0. The third-order valence-corrected chi connectivity index (χ3v) is 6.25. The van der Waals surface area contributed by atoms with Gasteiger partial charge >= 0.3 is 6.03 Å². The molecular weight excluding hydrogens is 530 g/mol. The van der Waals surface area contributed by atoms with Gasteiger partial charge in [0.25, 0.3) is 17.5 Å². The lowest BCUT2D eigenvalue weighted by molar-refractivity contribution is -0.384. The highest BCUT2D eigenvalue weighted by Crippen LogP contribution is 2.29. The molecule has 0 atom stereocenters. The SMILES string of the molecule is Cc1ccc(N2C(=O)NC(=O)/C(=C\c3ccc(OCc4cccc([N+](=O)[O-])c4)c(Br)c3)C2=O)cc1C. The number of hydrogen-bond donors (Lipinski definition) is 1. The molecule has 9 nitrogen and oxygen atoms in total. The molecule has 0 radical (unpaired) electrons. The predicted octanol–water partition coefficient (Wildman–Crippen LogP) is 5.22. The number of amides is 4. The minimum Gasteiger partial charge on any atom is -0.488 e. The van der Waals surface area contributed by atoms with Crippen molar-refractivity contribution in [3.8, 4) is 5.75 Å². The second-order valence-corrected chi connectivity index (χ2v) is 8.99. The van der Waals surface area contributed by atoms with Crippen LogP contribution in [0.4, 0.5) is 16.2 Å². The van der Waals surface area contributed by atoms with Gasteiger partial charge in [-0.15, -0.1) is 0 Å². The summed E-state index contributed by atoms with van der Waals surface area (Å²) in [5, 5.41) is 13.2. The zero-order valence-electron chi connectivity index (χ0n) is 19.3. The molecule has 1 fully saturated rings. The number of nitro benzene ring substituents is 1. The van der Waals surface area contributed by atoms with E-state index >= 15 is 0 Å². The molecule has 10 heteroatoms. The fourth-order valence-corrected chi connectivity index (χ4v) is 4.08. The standard InChI is InChI=1S/C26H20BrN3O6/c1-15-6-8-19(10-16(15)2)29-25(32)21(24(31)28-26(29)33)12-17-7-9-23(22(27)13-17)36-14-18-4-3-5-20(11-18)30(34)35/h3-13H,14H2,1-2H3,(H,28,31,33)/b21-12+. The highest BCUT2D eigenvalue weighted by molar-refractivity contribution is 9.10. The average Bonchev–Trinajstić information content (AvgIpc) is 2.83. The Labute approximate surface area is 214 Å². The van der Waals surface area contributed by atoms with Gasteiger partial charge in [-0.25, -0.2) is 9.69 Å². The van der Waals surface area contributed by atoms with Crippen LogP contribution in [0.2, 0.25) is 0 Å². The second-order valence-electron chi connectivity index (χ2n) is 8.13. The van der Waals surface area contributed by atoms with Gasteiger partial charge in [-0.05, 0) is 82.4 Å². The van der Waals surface area contributed by atoms with Crippen molar-refractivity contribution in [1.82, 2.24) is 5.32 Å². The molecule has 0 aliphatic carbocycles. The van der Waals surface area contributed by atoms with Gasteiger partial charge in [0.1, 0.15) is 17.9 Å². The lowest BCUT2D eigenvalue weighted by atomic mass is 10.1. The number of halogens is 1. The summed E-state index contributed by atoms with van der Waals surface area (Å²) in [5.41, 5.74) is 3.21. The van der Waals surface area contributed by atoms with Crippen molar-refractivity contribution in [3.63, 3.8) is 0 Å².